The van der Waals surface area contributed by atoms with Crippen molar-refractivity contribution in [3.05, 3.63) is 41.5 Å². The van der Waals surface area contributed by atoms with E-state index in [1.165, 1.54) is 18.2 Å². The quantitative estimate of drug-likeness (QED) is 0.638. The van der Waals surface area contributed by atoms with Gasteiger partial charge in [-0.15, -0.1) is 13.2 Å². The number of alkyl carbamates (subject to hydrolysis) is 1. The number of nitrogens with zero attached hydrogens (tertiary/aromatic N) is 2. The molecule has 31 heavy (non-hydrogen) atoms. The van der Waals surface area contributed by atoms with E-state index in [2.05, 4.69) is 20.2 Å². The van der Waals surface area contributed by atoms with E-state index in [1.807, 2.05) is 0 Å². The second kappa shape index (κ2) is 9.67. The van der Waals surface area contributed by atoms with E-state index in [0.29, 0.717) is 6.42 Å². The molecule has 2 rings (SSSR count). The average molecular weight is 444 g/mol. The van der Waals surface area contributed by atoms with Crippen LogP contribution < -0.4 is 15.8 Å². The van der Waals surface area contributed by atoms with Crippen LogP contribution in [0.15, 0.2) is 28.8 Å². The number of carbonyl (C=O) groups excluding carboxylic acids is 2. The van der Waals surface area contributed by atoms with Crippen LogP contribution in [0.2, 0.25) is 0 Å². The van der Waals surface area contributed by atoms with Gasteiger partial charge < -0.3 is 25.0 Å². The summed E-state index contributed by atoms with van der Waals surface area (Å²) in [4.78, 5) is 27.3. The van der Waals surface area contributed by atoms with E-state index in [4.69, 9.17) is 15.0 Å². The zero-order valence-corrected chi connectivity index (χ0v) is 17.2. The molecule has 0 fully saturated rings. The van der Waals surface area contributed by atoms with Crippen molar-refractivity contribution in [2.75, 3.05) is 0 Å². The normalized spacial score (nSPS) is 12.8. The summed E-state index contributed by atoms with van der Waals surface area (Å²) in [6.07, 6.45) is -5.20. The molecule has 0 radical (unpaired) electrons. The van der Waals surface area contributed by atoms with Gasteiger partial charge in [0.15, 0.2) is 5.82 Å². The van der Waals surface area contributed by atoms with Crippen LogP contribution in [0.5, 0.6) is 5.75 Å². The second-order valence-electron chi connectivity index (χ2n) is 7.53. The number of benzene rings is 1. The van der Waals surface area contributed by atoms with Crippen LogP contribution in [-0.4, -0.2) is 34.1 Å². The van der Waals surface area contributed by atoms with Crippen LogP contribution in [0.1, 0.15) is 56.9 Å². The Bertz CT molecular complexity index is 908. The fourth-order valence-electron chi connectivity index (χ4n) is 2.54. The fraction of sp³-hybridized carbons (Fsp3) is 0.474. The molecule has 1 aromatic carbocycles. The Hall–Kier alpha value is -3.31. The van der Waals surface area contributed by atoms with Gasteiger partial charge in [0, 0.05) is 18.4 Å². The minimum atomic E-state index is -4.95. The monoisotopic (exact) mass is 444 g/mol. The Morgan fingerprint density at radius 2 is 1.90 bits per heavy atom. The number of nitrogens with one attached hydrogen (secondary N) is 1. The number of hydrogen-bond acceptors (Lipinski definition) is 7. The molecule has 170 valence electrons. The lowest BCUT2D eigenvalue weighted by Crippen LogP contribution is -2.36. The number of aromatic nitrogens is 2. The van der Waals surface area contributed by atoms with Crippen molar-refractivity contribution in [2.45, 2.75) is 58.0 Å². The van der Waals surface area contributed by atoms with Crippen LogP contribution in [-0.2, 0) is 16.0 Å². The topological polar surface area (TPSA) is 130 Å². The van der Waals surface area contributed by atoms with Crippen LogP contribution in [0, 0.1) is 0 Å². The summed E-state index contributed by atoms with van der Waals surface area (Å²) >= 11 is 0. The Morgan fingerprint density at radius 3 is 2.52 bits per heavy atom. The Labute approximate surface area is 176 Å². The van der Waals surface area contributed by atoms with Gasteiger partial charge in [0.25, 0.3) is 0 Å². The molecule has 0 aliphatic rings. The summed E-state index contributed by atoms with van der Waals surface area (Å²) in [6.45, 7) is 4.90. The van der Waals surface area contributed by atoms with Crippen LogP contribution in [0.4, 0.5) is 18.0 Å². The third-order valence-corrected chi connectivity index (χ3v) is 3.67. The van der Waals surface area contributed by atoms with Crippen molar-refractivity contribution >= 4 is 12.0 Å². The predicted octanol–water partition coefficient (Wildman–Crippen LogP) is 3.39. The lowest BCUT2D eigenvalue weighted by atomic mass is 10.1. The molecular formula is C19H23F3N4O5. The molecule has 2 amide bonds. The van der Waals surface area contributed by atoms with Gasteiger partial charge in [-0.05, 0) is 33.3 Å². The number of primary amides is 1. The molecule has 0 saturated carbocycles. The highest BCUT2D eigenvalue weighted by atomic mass is 19.4. The largest absolute Gasteiger partial charge is 0.573 e. The maximum Gasteiger partial charge on any atom is 0.573 e. The number of aryl methyl sites for hydroxylation is 1. The number of halogens is 3. The lowest BCUT2D eigenvalue weighted by molar-refractivity contribution is -0.275. The van der Waals surface area contributed by atoms with Crippen molar-refractivity contribution in [3.63, 3.8) is 0 Å². The van der Waals surface area contributed by atoms with Gasteiger partial charge in [-0.25, -0.2) is 4.79 Å². The van der Waals surface area contributed by atoms with Crippen molar-refractivity contribution in [1.82, 2.24) is 15.5 Å². The summed E-state index contributed by atoms with van der Waals surface area (Å²) in [5.41, 5.74) is 4.17. The van der Waals surface area contributed by atoms with Gasteiger partial charge in [-0.3, -0.25) is 4.79 Å². The Kier molecular flexibility index (Phi) is 7.47. The summed E-state index contributed by atoms with van der Waals surface area (Å²) in [5, 5.41) is 6.22. The molecule has 1 atom stereocenters. The first kappa shape index (κ1) is 24.0. The van der Waals surface area contributed by atoms with Crippen molar-refractivity contribution < 1.29 is 36.8 Å². The van der Waals surface area contributed by atoms with Gasteiger partial charge in [0.2, 0.25) is 11.8 Å². The number of nitrogens with two attached hydrogens (primary N) is 1. The highest BCUT2D eigenvalue weighted by molar-refractivity contribution is 5.73. The molecule has 0 bridgehead atoms. The number of alkyl halides is 3. The molecule has 0 spiro atoms. The first-order valence-corrected chi connectivity index (χ1v) is 9.29. The first-order chi connectivity index (χ1) is 14.3. The van der Waals surface area contributed by atoms with Crippen molar-refractivity contribution in [3.8, 4) is 5.75 Å². The van der Waals surface area contributed by atoms with Gasteiger partial charge >= 0.3 is 12.5 Å². The van der Waals surface area contributed by atoms with Crippen LogP contribution in [0.3, 0.4) is 0 Å². The van der Waals surface area contributed by atoms with E-state index in [1.54, 1.807) is 20.8 Å². The summed E-state index contributed by atoms with van der Waals surface area (Å²) < 4.78 is 53.0. The van der Waals surface area contributed by atoms with E-state index in [9.17, 15) is 22.8 Å². The van der Waals surface area contributed by atoms with Crippen LogP contribution in [0.25, 0.3) is 0 Å². The van der Waals surface area contributed by atoms with Crippen molar-refractivity contribution in [1.29, 1.82) is 0 Å². The van der Waals surface area contributed by atoms with Crippen LogP contribution >= 0.6 is 0 Å². The van der Waals surface area contributed by atoms with E-state index < -0.39 is 35.8 Å². The molecule has 12 heteroatoms. The molecule has 1 aromatic heterocycles. The second-order valence-corrected chi connectivity index (χ2v) is 7.53. The Balaban J connectivity index is 2.36. The van der Waals surface area contributed by atoms with E-state index >= 15 is 0 Å². The third kappa shape index (κ3) is 8.15. The van der Waals surface area contributed by atoms with Gasteiger partial charge in [0.1, 0.15) is 17.4 Å². The first-order valence-electron chi connectivity index (χ1n) is 9.29. The highest BCUT2D eigenvalue weighted by Gasteiger charge is 2.35. The Morgan fingerprint density at radius 1 is 1.23 bits per heavy atom. The fourth-order valence-corrected chi connectivity index (χ4v) is 2.54. The number of hydrogen-bond donors (Lipinski definition) is 2. The maximum atomic E-state index is 12.9. The molecule has 0 aliphatic heterocycles. The summed E-state index contributed by atoms with van der Waals surface area (Å²) in [5.74, 6) is -1.03. The number of ether oxygens (including phenoxy) is 2. The number of amides is 2. The maximum absolute atomic E-state index is 12.9. The highest BCUT2D eigenvalue weighted by Crippen LogP contribution is 2.33. The van der Waals surface area contributed by atoms with Gasteiger partial charge in [-0.1, -0.05) is 23.4 Å². The number of carbonyl (C=O) groups is 2. The van der Waals surface area contributed by atoms with E-state index in [0.717, 1.165) is 6.07 Å². The molecule has 0 saturated heterocycles. The minimum absolute atomic E-state index is 0.0600. The molecule has 3 N–H and O–H groups in total. The van der Waals surface area contributed by atoms with E-state index in [-0.39, 0.29) is 30.1 Å². The summed E-state index contributed by atoms with van der Waals surface area (Å²) in [6, 6.07) is 3.98. The number of para-hydroxylation sites is 1. The van der Waals surface area contributed by atoms with Gasteiger partial charge in [-0.2, -0.15) is 4.98 Å². The number of rotatable bonds is 8. The molecule has 9 nitrogen and oxygen atoms in total. The molecule has 0 aliphatic carbocycles. The molecule has 2 aromatic rings. The van der Waals surface area contributed by atoms with Gasteiger partial charge in [0.05, 0.1) is 0 Å². The molecular weight excluding hydrogens is 421 g/mol. The zero-order valence-electron chi connectivity index (χ0n) is 17.2. The SMILES string of the molecule is CC(C)(C)OC(=O)NC(c1noc(CCCC(N)=O)n1)c1ccccc1OC(F)(F)F. The smallest absolute Gasteiger partial charge is 0.444 e. The van der Waals surface area contributed by atoms with Crippen molar-refractivity contribution in [2.24, 2.45) is 5.73 Å². The summed E-state index contributed by atoms with van der Waals surface area (Å²) in [7, 11) is 0. The zero-order chi connectivity index (χ0) is 23.2. The third-order valence-electron chi connectivity index (χ3n) is 3.67. The molecule has 1 heterocycles. The molecule has 1 unspecified atom stereocenters. The minimum Gasteiger partial charge on any atom is -0.444 e. The lowest BCUT2D eigenvalue weighted by Gasteiger charge is -2.23. The average Bonchev–Trinajstić information content (AvgIpc) is 3.06. The predicted molar refractivity (Wildman–Crippen MR) is 101 cm³/mol. The standard InChI is InChI=1S/C19H23F3N4O5/c1-18(2,3)30-17(28)25-15(11-7-4-5-8-12(11)29-19(20,21)22)16-24-14(31-26-16)10-6-9-13(23)27/h4-5,7-8,15H,6,9-10H2,1-3H3,(H2,23,27)(H,25,28).